The Balaban J connectivity index is 2.71. The van der Waals surface area contributed by atoms with E-state index in [4.69, 9.17) is 0 Å². The maximum absolute atomic E-state index is 13.0. The summed E-state index contributed by atoms with van der Waals surface area (Å²) in [5, 5.41) is 0. The third kappa shape index (κ3) is 2.63. The minimum absolute atomic E-state index is 0.318. The summed E-state index contributed by atoms with van der Waals surface area (Å²) in [6, 6.07) is 0. The van der Waals surface area contributed by atoms with Gasteiger partial charge in [-0.2, -0.15) is 22.0 Å². The normalized spacial score (nSPS) is 26.1. The maximum Gasteiger partial charge on any atom is 0.456 e. The summed E-state index contributed by atoms with van der Waals surface area (Å²) in [5.41, 5.74) is 0. The highest BCUT2D eigenvalue weighted by molar-refractivity contribution is 5.81. The molecule has 1 fully saturated rings. The zero-order valence-electron chi connectivity index (χ0n) is 9.34. The Morgan fingerprint density at radius 2 is 2.00 bits per heavy atom. The number of rotatable bonds is 4. The van der Waals surface area contributed by atoms with Crippen molar-refractivity contribution in [3.8, 4) is 0 Å². The quantitative estimate of drug-likeness (QED) is 0.448. The number of hydrogen-bond acceptors (Lipinski definition) is 3. The minimum atomic E-state index is -5.70. The van der Waals surface area contributed by atoms with Gasteiger partial charge in [0.25, 0.3) is 0 Å². The van der Waals surface area contributed by atoms with Gasteiger partial charge in [0.05, 0.1) is 12.5 Å². The molecular formula is C10H11F5O3. The second kappa shape index (κ2) is 4.83. The molecule has 0 bridgehead atoms. The molecule has 3 unspecified atom stereocenters. The van der Waals surface area contributed by atoms with E-state index >= 15 is 0 Å². The van der Waals surface area contributed by atoms with Gasteiger partial charge in [-0.25, -0.2) is 4.79 Å². The average molecular weight is 274 g/mol. The van der Waals surface area contributed by atoms with Crippen LogP contribution in [-0.2, 0) is 14.3 Å². The van der Waals surface area contributed by atoms with Crippen LogP contribution in [0.5, 0.6) is 0 Å². The monoisotopic (exact) mass is 274 g/mol. The molecule has 1 aliphatic heterocycles. The van der Waals surface area contributed by atoms with Gasteiger partial charge in [-0.05, 0) is 6.92 Å². The third-order valence-electron chi connectivity index (χ3n) is 2.66. The Bertz CT molecular complexity index is 339. The van der Waals surface area contributed by atoms with E-state index in [0.29, 0.717) is 0 Å². The molecule has 1 rings (SSSR count). The first-order chi connectivity index (χ1) is 8.11. The van der Waals surface area contributed by atoms with Gasteiger partial charge in [-0.1, -0.05) is 6.58 Å². The van der Waals surface area contributed by atoms with Crippen molar-refractivity contribution in [3.63, 3.8) is 0 Å². The minimum Gasteiger partial charge on any atom is -0.459 e. The van der Waals surface area contributed by atoms with Crippen molar-refractivity contribution < 1.29 is 36.2 Å². The van der Waals surface area contributed by atoms with Gasteiger partial charge in [0.15, 0.2) is 0 Å². The van der Waals surface area contributed by atoms with Gasteiger partial charge in [0, 0.05) is 6.08 Å². The summed E-state index contributed by atoms with van der Waals surface area (Å²) in [5.74, 6) is -7.06. The molecule has 8 heteroatoms. The van der Waals surface area contributed by atoms with Gasteiger partial charge in [0.1, 0.15) is 12.2 Å². The molecule has 1 saturated heterocycles. The lowest BCUT2D eigenvalue weighted by Crippen LogP contribution is -2.61. The highest BCUT2D eigenvalue weighted by Crippen LogP contribution is 2.46. The Morgan fingerprint density at radius 1 is 1.44 bits per heavy atom. The number of carbonyl (C=O) groups excluding carboxylic acids is 1. The summed E-state index contributed by atoms with van der Waals surface area (Å²) >= 11 is 0. The van der Waals surface area contributed by atoms with E-state index in [1.165, 1.54) is 6.92 Å². The van der Waals surface area contributed by atoms with E-state index in [-0.39, 0.29) is 6.61 Å². The van der Waals surface area contributed by atoms with Crippen LogP contribution in [0.4, 0.5) is 22.0 Å². The van der Waals surface area contributed by atoms with E-state index in [1.54, 1.807) is 0 Å². The van der Waals surface area contributed by atoms with Gasteiger partial charge in [0.2, 0.25) is 0 Å². The fourth-order valence-electron chi connectivity index (χ4n) is 1.54. The fourth-order valence-corrected chi connectivity index (χ4v) is 1.54. The largest absolute Gasteiger partial charge is 0.459 e. The summed E-state index contributed by atoms with van der Waals surface area (Å²) in [6.07, 6.45) is -8.33. The molecule has 0 aromatic heterocycles. The van der Waals surface area contributed by atoms with Crippen LogP contribution in [0.25, 0.3) is 0 Å². The summed E-state index contributed by atoms with van der Waals surface area (Å²) in [6.45, 7) is 4.00. The zero-order valence-corrected chi connectivity index (χ0v) is 9.34. The lowest BCUT2D eigenvalue weighted by Gasteiger charge is -2.43. The predicted molar refractivity (Wildman–Crippen MR) is 50.0 cm³/mol. The number of halogens is 5. The second-order valence-corrected chi connectivity index (χ2v) is 3.88. The third-order valence-corrected chi connectivity index (χ3v) is 2.66. The second-order valence-electron chi connectivity index (χ2n) is 3.88. The highest BCUT2D eigenvalue weighted by Gasteiger charge is 2.68. The van der Waals surface area contributed by atoms with Crippen LogP contribution in [-0.4, -0.2) is 36.9 Å². The molecule has 0 aromatic rings. The lowest BCUT2D eigenvalue weighted by molar-refractivity contribution is -0.357. The topological polar surface area (TPSA) is 35.5 Å². The highest BCUT2D eigenvalue weighted by atomic mass is 19.4. The first-order valence-electron chi connectivity index (χ1n) is 5.00. The van der Waals surface area contributed by atoms with Crippen molar-refractivity contribution in [2.45, 2.75) is 31.2 Å². The fraction of sp³-hybridized carbons (Fsp3) is 0.700. The first kappa shape index (κ1) is 14.9. The molecule has 3 atom stereocenters. The molecular weight excluding hydrogens is 263 g/mol. The summed E-state index contributed by atoms with van der Waals surface area (Å²) in [4.78, 5) is 10.8. The van der Waals surface area contributed by atoms with Gasteiger partial charge in [-0.15, -0.1) is 0 Å². The number of esters is 1. The van der Waals surface area contributed by atoms with Crippen molar-refractivity contribution in [2.75, 3.05) is 6.61 Å². The van der Waals surface area contributed by atoms with E-state index in [9.17, 15) is 26.7 Å². The average Bonchev–Trinajstić information content (AvgIpc) is 2.12. The maximum atomic E-state index is 13.0. The van der Waals surface area contributed by atoms with Crippen LogP contribution in [0.1, 0.15) is 6.92 Å². The van der Waals surface area contributed by atoms with E-state index in [2.05, 4.69) is 16.1 Å². The van der Waals surface area contributed by atoms with Gasteiger partial charge < -0.3 is 9.47 Å². The van der Waals surface area contributed by atoms with Crippen molar-refractivity contribution >= 4 is 5.97 Å². The molecule has 0 spiro atoms. The van der Waals surface area contributed by atoms with Gasteiger partial charge >= 0.3 is 18.1 Å². The van der Waals surface area contributed by atoms with Crippen LogP contribution in [0.15, 0.2) is 12.7 Å². The molecule has 0 N–H and O–H groups in total. The SMILES string of the molecule is C=CC(=O)OC(C)C1COC1C(F)(F)C(F)(F)F. The Labute approximate surface area is 99.5 Å². The van der Waals surface area contributed by atoms with Crippen LogP contribution < -0.4 is 0 Å². The number of alkyl halides is 5. The Hall–Kier alpha value is -1.18. The molecule has 0 aromatic carbocycles. The van der Waals surface area contributed by atoms with E-state index in [0.717, 1.165) is 6.08 Å². The molecule has 1 heterocycles. The molecule has 0 radical (unpaired) electrons. The van der Waals surface area contributed by atoms with Crippen LogP contribution in [0.3, 0.4) is 0 Å². The smallest absolute Gasteiger partial charge is 0.456 e. The number of hydrogen-bond donors (Lipinski definition) is 0. The number of ether oxygens (including phenoxy) is 2. The van der Waals surface area contributed by atoms with Crippen molar-refractivity contribution in [2.24, 2.45) is 5.92 Å². The van der Waals surface area contributed by atoms with Crippen molar-refractivity contribution in [1.29, 1.82) is 0 Å². The zero-order chi connectivity index (χ0) is 14.1. The molecule has 0 amide bonds. The van der Waals surface area contributed by atoms with E-state index in [1.807, 2.05) is 0 Å². The summed E-state index contributed by atoms with van der Waals surface area (Å²) in [7, 11) is 0. The Kier molecular flexibility index (Phi) is 3.99. The van der Waals surface area contributed by atoms with Crippen molar-refractivity contribution in [1.82, 2.24) is 0 Å². The number of carbonyl (C=O) groups is 1. The lowest BCUT2D eigenvalue weighted by atomic mass is 9.88. The molecule has 104 valence electrons. The molecule has 0 aliphatic carbocycles. The molecule has 18 heavy (non-hydrogen) atoms. The first-order valence-corrected chi connectivity index (χ1v) is 5.00. The molecule has 0 saturated carbocycles. The van der Waals surface area contributed by atoms with Gasteiger partial charge in [-0.3, -0.25) is 0 Å². The molecule has 3 nitrogen and oxygen atoms in total. The van der Waals surface area contributed by atoms with Crippen LogP contribution in [0, 0.1) is 5.92 Å². The standard InChI is InChI=1S/C10H11F5O3/c1-3-7(16)18-5(2)6-4-17-8(6)9(11,12)10(13,14)15/h3,5-6,8H,1,4H2,2H3. The molecule has 1 aliphatic rings. The Morgan fingerprint density at radius 3 is 2.33 bits per heavy atom. The van der Waals surface area contributed by atoms with E-state index < -0.39 is 36.2 Å². The summed E-state index contributed by atoms with van der Waals surface area (Å²) < 4.78 is 71.2. The van der Waals surface area contributed by atoms with Crippen LogP contribution >= 0.6 is 0 Å². The predicted octanol–water partition coefficient (Wildman–Crippen LogP) is 2.32. The van der Waals surface area contributed by atoms with Crippen LogP contribution in [0.2, 0.25) is 0 Å². The van der Waals surface area contributed by atoms with Crippen molar-refractivity contribution in [3.05, 3.63) is 12.7 Å².